The summed E-state index contributed by atoms with van der Waals surface area (Å²) in [5.41, 5.74) is -0.356. The molecule has 0 bridgehead atoms. The fraction of sp³-hybridized carbons (Fsp3) is 0.875. The van der Waals surface area contributed by atoms with Crippen molar-refractivity contribution < 1.29 is 9.53 Å². The molecule has 0 aliphatic carbocycles. The second-order valence-corrected chi connectivity index (χ2v) is 3.86. The molecule has 3 heteroatoms. The molecule has 1 rings (SSSR count). The number of ether oxygens (including phenoxy) is 1. The molecular weight excluding hydrogens is 142 g/mol. The molecule has 1 amide bonds. The Labute approximate surface area is 67.1 Å². The van der Waals surface area contributed by atoms with Crippen molar-refractivity contribution >= 4 is 6.09 Å². The summed E-state index contributed by atoms with van der Waals surface area (Å²) >= 11 is 0. The third-order valence-electron chi connectivity index (χ3n) is 2.04. The minimum Gasteiger partial charge on any atom is -0.441 e. The minimum absolute atomic E-state index is 0.134. The molecule has 0 aromatic carbocycles. The molecule has 0 aromatic rings. The fourth-order valence-corrected chi connectivity index (χ4v) is 1.60. The molecule has 11 heavy (non-hydrogen) atoms. The van der Waals surface area contributed by atoms with Gasteiger partial charge in [-0.2, -0.15) is 0 Å². The number of amides is 1. The number of nitrogens with one attached hydrogen (secondary N) is 1. The van der Waals surface area contributed by atoms with Gasteiger partial charge >= 0.3 is 6.09 Å². The number of cyclic esters (lactones) is 1. The topological polar surface area (TPSA) is 38.3 Å². The van der Waals surface area contributed by atoms with E-state index in [0.717, 1.165) is 0 Å². The monoisotopic (exact) mass is 157 g/mol. The first-order chi connectivity index (χ1) is 4.93. The quantitative estimate of drug-likeness (QED) is 0.626. The van der Waals surface area contributed by atoms with Gasteiger partial charge in [0.1, 0.15) is 5.60 Å². The van der Waals surface area contributed by atoms with E-state index in [0.29, 0.717) is 5.92 Å². The fourth-order valence-electron chi connectivity index (χ4n) is 1.60. The highest BCUT2D eigenvalue weighted by molar-refractivity contribution is 5.71. The SMILES string of the molecule is CC(C)[C@H]1NC(=O)OC1(C)C. The molecule has 0 radical (unpaired) electrons. The van der Waals surface area contributed by atoms with Crippen LogP contribution >= 0.6 is 0 Å². The van der Waals surface area contributed by atoms with Crippen molar-refractivity contribution in [2.45, 2.75) is 39.3 Å². The maximum Gasteiger partial charge on any atom is 0.408 e. The predicted molar refractivity (Wildman–Crippen MR) is 42.3 cm³/mol. The molecule has 1 N–H and O–H groups in total. The highest BCUT2D eigenvalue weighted by atomic mass is 16.6. The maximum absolute atomic E-state index is 10.8. The third kappa shape index (κ3) is 1.47. The smallest absolute Gasteiger partial charge is 0.408 e. The number of alkyl carbamates (subject to hydrolysis) is 1. The van der Waals surface area contributed by atoms with E-state index >= 15 is 0 Å². The van der Waals surface area contributed by atoms with Gasteiger partial charge < -0.3 is 10.1 Å². The molecule has 1 aliphatic rings. The van der Waals surface area contributed by atoms with E-state index in [1.165, 1.54) is 0 Å². The number of carbonyl (C=O) groups excluding carboxylic acids is 1. The largest absolute Gasteiger partial charge is 0.441 e. The highest BCUT2D eigenvalue weighted by Crippen LogP contribution is 2.26. The van der Waals surface area contributed by atoms with Gasteiger partial charge in [0.25, 0.3) is 0 Å². The average molecular weight is 157 g/mol. The Morgan fingerprint density at radius 1 is 1.55 bits per heavy atom. The van der Waals surface area contributed by atoms with Gasteiger partial charge in [-0.3, -0.25) is 0 Å². The van der Waals surface area contributed by atoms with Crippen molar-refractivity contribution in [2.24, 2.45) is 5.92 Å². The average Bonchev–Trinajstić information content (AvgIpc) is 2.04. The summed E-state index contributed by atoms with van der Waals surface area (Å²) in [6.45, 7) is 7.99. The van der Waals surface area contributed by atoms with Crippen molar-refractivity contribution in [1.82, 2.24) is 5.32 Å². The van der Waals surface area contributed by atoms with Gasteiger partial charge in [0, 0.05) is 0 Å². The summed E-state index contributed by atoms with van der Waals surface area (Å²) in [5.74, 6) is 0.413. The van der Waals surface area contributed by atoms with Gasteiger partial charge in [0.05, 0.1) is 6.04 Å². The minimum atomic E-state index is -0.356. The van der Waals surface area contributed by atoms with E-state index in [2.05, 4.69) is 19.2 Å². The lowest BCUT2D eigenvalue weighted by atomic mass is 9.90. The second-order valence-electron chi connectivity index (χ2n) is 3.86. The van der Waals surface area contributed by atoms with Crippen molar-refractivity contribution in [3.05, 3.63) is 0 Å². The van der Waals surface area contributed by atoms with E-state index in [1.54, 1.807) is 0 Å². The number of hydrogen-bond donors (Lipinski definition) is 1. The van der Waals surface area contributed by atoms with Gasteiger partial charge in [-0.05, 0) is 19.8 Å². The van der Waals surface area contributed by atoms with Crippen molar-refractivity contribution in [1.29, 1.82) is 0 Å². The number of hydrogen-bond acceptors (Lipinski definition) is 2. The zero-order valence-corrected chi connectivity index (χ0v) is 7.47. The van der Waals surface area contributed by atoms with Crippen LogP contribution in [0.3, 0.4) is 0 Å². The van der Waals surface area contributed by atoms with Crippen molar-refractivity contribution in [2.75, 3.05) is 0 Å². The Balaban J connectivity index is 2.74. The molecule has 0 saturated carbocycles. The van der Waals surface area contributed by atoms with Gasteiger partial charge in [0.2, 0.25) is 0 Å². The Bertz CT molecular complexity index is 175. The molecule has 0 unspecified atom stereocenters. The lowest BCUT2D eigenvalue weighted by Crippen LogP contribution is -2.42. The van der Waals surface area contributed by atoms with Crippen molar-refractivity contribution in [3.63, 3.8) is 0 Å². The Kier molecular flexibility index (Phi) is 1.82. The molecular formula is C8H15NO2. The van der Waals surface area contributed by atoms with Crippen LogP contribution in [0, 0.1) is 5.92 Å². The molecule has 1 heterocycles. The Morgan fingerprint density at radius 3 is 2.27 bits per heavy atom. The van der Waals surface area contributed by atoms with Crippen LogP contribution in [-0.4, -0.2) is 17.7 Å². The van der Waals surface area contributed by atoms with Crippen LogP contribution in [0.5, 0.6) is 0 Å². The van der Waals surface area contributed by atoms with Crippen LogP contribution in [-0.2, 0) is 4.74 Å². The summed E-state index contributed by atoms with van der Waals surface area (Å²) in [5, 5.41) is 2.78. The lowest BCUT2D eigenvalue weighted by molar-refractivity contribution is 0.0588. The van der Waals surface area contributed by atoms with Crippen LogP contribution in [0.15, 0.2) is 0 Å². The first kappa shape index (κ1) is 8.37. The van der Waals surface area contributed by atoms with Gasteiger partial charge in [-0.25, -0.2) is 4.79 Å². The standard InChI is InChI=1S/C8H15NO2/c1-5(2)6-8(3,4)11-7(10)9-6/h5-6H,1-4H3,(H,9,10)/t6-/m1/s1. The summed E-state index contributed by atoms with van der Waals surface area (Å²) in [6, 6.07) is 0.134. The zero-order valence-electron chi connectivity index (χ0n) is 7.47. The maximum atomic E-state index is 10.8. The van der Waals surface area contributed by atoms with Crippen LogP contribution in [0.4, 0.5) is 4.79 Å². The number of carbonyl (C=O) groups is 1. The van der Waals surface area contributed by atoms with E-state index in [4.69, 9.17) is 4.74 Å². The van der Waals surface area contributed by atoms with Crippen LogP contribution in [0.25, 0.3) is 0 Å². The normalized spacial score (nSPS) is 28.5. The zero-order chi connectivity index (χ0) is 8.65. The predicted octanol–water partition coefficient (Wildman–Crippen LogP) is 1.53. The van der Waals surface area contributed by atoms with Gasteiger partial charge in [-0.15, -0.1) is 0 Å². The molecule has 1 aliphatic heterocycles. The van der Waals surface area contributed by atoms with Crippen LogP contribution < -0.4 is 5.32 Å². The lowest BCUT2D eigenvalue weighted by Gasteiger charge is -2.26. The second kappa shape index (κ2) is 2.40. The molecule has 0 aromatic heterocycles. The molecule has 3 nitrogen and oxygen atoms in total. The molecule has 0 spiro atoms. The molecule has 1 saturated heterocycles. The number of rotatable bonds is 1. The molecule has 64 valence electrons. The van der Waals surface area contributed by atoms with Crippen LogP contribution in [0.2, 0.25) is 0 Å². The van der Waals surface area contributed by atoms with E-state index in [9.17, 15) is 4.79 Å². The van der Waals surface area contributed by atoms with Gasteiger partial charge in [-0.1, -0.05) is 13.8 Å². The Morgan fingerprint density at radius 2 is 2.09 bits per heavy atom. The third-order valence-corrected chi connectivity index (χ3v) is 2.04. The summed E-state index contributed by atoms with van der Waals surface area (Å²) < 4.78 is 5.07. The van der Waals surface area contributed by atoms with Crippen molar-refractivity contribution in [3.8, 4) is 0 Å². The van der Waals surface area contributed by atoms with Crippen LogP contribution in [0.1, 0.15) is 27.7 Å². The molecule has 1 atom stereocenters. The van der Waals surface area contributed by atoms with E-state index in [1.807, 2.05) is 13.8 Å². The first-order valence-corrected chi connectivity index (χ1v) is 3.93. The summed E-state index contributed by atoms with van der Waals surface area (Å²) in [6.07, 6.45) is -0.297. The summed E-state index contributed by atoms with van der Waals surface area (Å²) in [4.78, 5) is 10.8. The highest BCUT2D eigenvalue weighted by Gasteiger charge is 2.42. The summed E-state index contributed by atoms with van der Waals surface area (Å²) in [7, 11) is 0. The van der Waals surface area contributed by atoms with E-state index in [-0.39, 0.29) is 17.7 Å². The Hall–Kier alpha value is -0.730. The van der Waals surface area contributed by atoms with E-state index < -0.39 is 0 Å². The van der Waals surface area contributed by atoms with Gasteiger partial charge in [0.15, 0.2) is 0 Å². The first-order valence-electron chi connectivity index (χ1n) is 3.93. The molecule has 1 fully saturated rings.